The van der Waals surface area contributed by atoms with E-state index in [2.05, 4.69) is 53.4 Å². The molecule has 0 saturated carbocycles. The van der Waals surface area contributed by atoms with E-state index in [4.69, 9.17) is 0 Å². The van der Waals surface area contributed by atoms with E-state index in [9.17, 15) is 0 Å². The van der Waals surface area contributed by atoms with Crippen LogP contribution < -0.4 is 10.2 Å². The third kappa shape index (κ3) is 3.84. The molecule has 1 aromatic heterocycles. The van der Waals surface area contributed by atoms with Crippen LogP contribution in [0.1, 0.15) is 25.0 Å². The van der Waals surface area contributed by atoms with E-state index in [1.165, 1.54) is 16.8 Å². The van der Waals surface area contributed by atoms with E-state index >= 15 is 0 Å². The van der Waals surface area contributed by atoms with Gasteiger partial charge in [-0.15, -0.1) is 0 Å². The standard InChI is InChI=1S/C16H24N4/c1-4-20(5-2)16-8-6-14(7-9-16)10-17-11-15-12-18-19(3)13-15/h6-9,12-13,17H,4-5,10-11H2,1-3H3. The Morgan fingerprint density at radius 2 is 1.70 bits per heavy atom. The highest BCUT2D eigenvalue weighted by Gasteiger charge is 2.01. The van der Waals surface area contributed by atoms with Gasteiger partial charge in [-0.1, -0.05) is 12.1 Å². The number of rotatable bonds is 7. The van der Waals surface area contributed by atoms with E-state index in [0.29, 0.717) is 0 Å². The van der Waals surface area contributed by atoms with Gasteiger partial charge < -0.3 is 10.2 Å². The topological polar surface area (TPSA) is 33.1 Å². The molecule has 0 fully saturated rings. The summed E-state index contributed by atoms with van der Waals surface area (Å²) in [4.78, 5) is 2.35. The minimum absolute atomic E-state index is 0.853. The Hall–Kier alpha value is -1.81. The SMILES string of the molecule is CCN(CC)c1ccc(CNCc2cnn(C)c2)cc1. The van der Waals surface area contributed by atoms with Crippen LogP contribution in [0.5, 0.6) is 0 Å². The third-order valence-electron chi connectivity index (χ3n) is 3.48. The molecule has 4 heteroatoms. The first-order chi connectivity index (χ1) is 9.72. The minimum atomic E-state index is 0.853. The fourth-order valence-corrected chi connectivity index (χ4v) is 2.33. The molecule has 0 aliphatic carbocycles. The fraction of sp³-hybridized carbons (Fsp3) is 0.438. The summed E-state index contributed by atoms with van der Waals surface area (Å²) in [5.41, 5.74) is 3.82. The highest BCUT2D eigenvalue weighted by Crippen LogP contribution is 2.14. The van der Waals surface area contributed by atoms with E-state index < -0.39 is 0 Å². The Kier molecular flexibility index (Phi) is 5.18. The van der Waals surface area contributed by atoms with Crippen LogP contribution in [0.4, 0.5) is 5.69 Å². The predicted molar refractivity (Wildman–Crippen MR) is 83.8 cm³/mol. The minimum Gasteiger partial charge on any atom is -0.372 e. The van der Waals surface area contributed by atoms with Crippen LogP contribution in [0.2, 0.25) is 0 Å². The van der Waals surface area contributed by atoms with Gasteiger partial charge in [0.15, 0.2) is 0 Å². The zero-order valence-electron chi connectivity index (χ0n) is 12.6. The maximum atomic E-state index is 4.16. The summed E-state index contributed by atoms with van der Waals surface area (Å²) in [5, 5.41) is 7.60. The molecule has 0 radical (unpaired) electrons. The highest BCUT2D eigenvalue weighted by molar-refractivity contribution is 5.47. The van der Waals surface area contributed by atoms with E-state index in [1.807, 2.05) is 24.1 Å². The molecule has 0 aliphatic heterocycles. The molecule has 1 N–H and O–H groups in total. The summed E-state index contributed by atoms with van der Waals surface area (Å²) in [6, 6.07) is 8.80. The van der Waals surface area contributed by atoms with Crippen LogP contribution in [-0.2, 0) is 20.1 Å². The van der Waals surface area contributed by atoms with Crippen molar-refractivity contribution in [1.82, 2.24) is 15.1 Å². The number of aryl methyl sites for hydroxylation is 1. The van der Waals surface area contributed by atoms with Crippen LogP contribution in [0.3, 0.4) is 0 Å². The summed E-state index contributed by atoms with van der Waals surface area (Å²) in [6.07, 6.45) is 3.94. The molecule has 0 amide bonds. The molecule has 0 atom stereocenters. The van der Waals surface area contributed by atoms with Gasteiger partial charge in [0.2, 0.25) is 0 Å². The molecule has 2 aromatic rings. The van der Waals surface area contributed by atoms with Gasteiger partial charge in [0, 0.05) is 50.7 Å². The lowest BCUT2D eigenvalue weighted by atomic mass is 10.2. The summed E-state index contributed by atoms with van der Waals surface area (Å²) in [5.74, 6) is 0. The van der Waals surface area contributed by atoms with Crippen molar-refractivity contribution in [2.24, 2.45) is 7.05 Å². The maximum Gasteiger partial charge on any atom is 0.0534 e. The van der Waals surface area contributed by atoms with Crippen molar-refractivity contribution in [3.8, 4) is 0 Å². The van der Waals surface area contributed by atoms with Crippen LogP contribution >= 0.6 is 0 Å². The van der Waals surface area contributed by atoms with Gasteiger partial charge in [-0.3, -0.25) is 4.68 Å². The fourth-order valence-electron chi connectivity index (χ4n) is 2.33. The van der Waals surface area contributed by atoms with Crippen molar-refractivity contribution in [1.29, 1.82) is 0 Å². The van der Waals surface area contributed by atoms with Gasteiger partial charge in [0.05, 0.1) is 6.20 Å². The van der Waals surface area contributed by atoms with Crippen LogP contribution in [0, 0.1) is 0 Å². The summed E-state index contributed by atoms with van der Waals surface area (Å²) in [7, 11) is 1.94. The third-order valence-corrected chi connectivity index (χ3v) is 3.48. The van der Waals surface area contributed by atoms with Crippen LogP contribution in [0.25, 0.3) is 0 Å². The number of nitrogens with zero attached hydrogens (tertiary/aromatic N) is 3. The van der Waals surface area contributed by atoms with Crippen LogP contribution in [0.15, 0.2) is 36.7 Å². The van der Waals surface area contributed by atoms with Crippen molar-refractivity contribution < 1.29 is 0 Å². The molecule has 4 nitrogen and oxygen atoms in total. The van der Waals surface area contributed by atoms with Crippen molar-refractivity contribution >= 4 is 5.69 Å². The Balaban J connectivity index is 1.84. The second-order valence-electron chi connectivity index (χ2n) is 4.96. The molecule has 1 aromatic carbocycles. The average molecular weight is 272 g/mol. The van der Waals surface area contributed by atoms with Crippen LogP contribution in [-0.4, -0.2) is 22.9 Å². The quantitative estimate of drug-likeness (QED) is 0.841. The Morgan fingerprint density at radius 1 is 1.05 bits per heavy atom. The first-order valence-corrected chi connectivity index (χ1v) is 7.25. The zero-order valence-corrected chi connectivity index (χ0v) is 12.6. The van der Waals surface area contributed by atoms with E-state index in [0.717, 1.165) is 26.2 Å². The molecule has 0 saturated heterocycles. The molecule has 1 heterocycles. The molecule has 0 bridgehead atoms. The second kappa shape index (κ2) is 7.10. The van der Waals surface area contributed by atoms with Crippen molar-refractivity contribution in [2.45, 2.75) is 26.9 Å². The number of nitrogens with one attached hydrogen (secondary N) is 1. The lowest BCUT2D eigenvalue weighted by Gasteiger charge is -2.21. The first kappa shape index (κ1) is 14.6. The monoisotopic (exact) mass is 272 g/mol. The van der Waals surface area contributed by atoms with Gasteiger partial charge in [-0.25, -0.2) is 0 Å². The van der Waals surface area contributed by atoms with Crippen molar-refractivity contribution in [3.05, 3.63) is 47.8 Å². The molecule has 20 heavy (non-hydrogen) atoms. The Labute approximate surface area is 121 Å². The van der Waals surface area contributed by atoms with Crippen molar-refractivity contribution in [2.75, 3.05) is 18.0 Å². The van der Waals surface area contributed by atoms with Crippen molar-refractivity contribution in [3.63, 3.8) is 0 Å². The summed E-state index contributed by atoms with van der Waals surface area (Å²) >= 11 is 0. The van der Waals surface area contributed by atoms with E-state index in [-0.39, 0.29) is 0 Å². The Morgan fingerprint density at radius 3 is 2.25 bits per heavy atom. The van der Waals surface area contributed by atoms with Gasteiger partial charge in [0.25, 0.3) is 0 Å². The Bertz CT molecular complexity index is 512. The lowest BCUT2D eigenvalue weighted by molar-refractivity contribution is 0.691. The molecule has 0 unspecified atom stereocenters. The molecule has 108 valence electrons. The maximum absolute atomic E-state index is 4.16. The van der Waals surface area contributed by atoms with Gasteiger partial charge in [-0.2, -0.15) is 5.10 Å². The van der Waals surface area contributed by atoms with Gasteiger partial charge in [-0.05, 0) is 31.5 Å². The molecular formula is C16H24N4. The number of aromatic nitrogens is 2. The number of hydrogen-bond acceptors (Lipinski definition) is 3. The first-order valence-electron chi connectivity index (χ1n) is 7.25. The second-order valence-corrected chi connectivity index (χ2v) is 4.96. The predicted octanol–water partition coefficient (Wildman–Crippen LogP) is 2.56. The summed E-state index contributed by atoms with van der Waals surface area (Å²) < 4.78 is 1.83. The van der Waals surface area contributed by atoms with Gasteiger partial charge >= 0.3 is 0 Å². The molecule has 2 rings (SSSR count). The molecule has 0 spiro atoms. The van der Waals surface area contributed by atoms with Gasteiger partial charge in [0.1, 0.15) is 0 Å². The summed E-state index contributed by atoms with van der Waals surface area (Å²) in [6.45, 7) is 8.21. The smallest absolute Gasteiger partial charge is 0.0534 e. The normalized spacial score (nSPS) is 10.8. The molecular weight excluding hydrogens is 248 g/mol. The largest absolute Gasteiger partial charge is 0.372 e. The van der Waals surface area contributed by atoms with E-state index in [1.54, 1.807) is 0 Å². The molecule has 0 aliphatic rings. The lowest BCUT2D eigenvalue weighted by Crippen LogP contribution is -2.21. The number of hydrogen-bond donors (Lipinski definition) is 1. The number of benzene rings is 1. The average Bonchev–Trinajstić information content (AvgIpc) is 2.87. The zero-order chi connectivity index (χ0) is 14.4. The highest BCUT2D eigenvalue weighted by atomic mass is 15.2. The number of anilines is 1.